The number of rotatable bonds is 4. The van der Waals surface area contributed by atoms with Crippen molar-refractivity contribution in [2.75, 3.05) is 13.2 Å². The highest BCUT2D eigenvalue weighted by molar-refractivity contribution is 5.95. The Morgan fingerprint density at radius 3 is 3.12 bits per heavy atom. The molecule has 5 nitrogen and oxygen atoms in total. The highest BCUT2D eigenvalue weighted by Crippen LogP contribution is 2.11. The van der Waals surface area contributed by atoms with Crippen LogP contribution in [-0.2, 0) is 11.3 Å². The van der Waals surface area contributed by atoms with Crippen molar-refractivity contribution in [3.63, 3.8) is 0 Å². The third-order valence-electron chi connectivity index (χ3n) is 3.03. The quantitative estimate of drug-likeness (QED) is 0.853. The van der Waals surface area contributed by atoms with Crippen LogP contribution >= 0.6 is 0 Å². The molecule has 2 heterocycles. The molecule has 0 bridgehead atoms. The van der Waals surface area contributed by atoms with E-state index in [4.69, 9.17) is 4.74 Å². The number of nitrogens with zero attached hydrogens (tertiary/aromatic N) is 2. The summed E-state index contributed by atoms with van der Waals surface area (Å²) in [6, 6.07) is 0. The lowest BCUT2D eigenvalue weighted by atomic mass is 10.2. The van der Waals surface area contributed by atoms with Crippen LogP contribution in [0.3, 0.4) is 0 Å². The molecule has 1 saturated heterocycles. The second kappa shape index (κ2) is 5.31. The third-order valence-corrected chi connectivity index (χ3v) is 3.03. The van der Waals surface area contributed by atoms with Gasteiger partial charge in [0.15, 0.2) is 0 Å². The Balaban J connectivity index is 1.91. The van der Waals surface area contributed by atoms with Crippen LogP contribution in [0.25, 0.3) is 0 Å². The number of carbonyl (C=O) groups excluding carboxylic acids is 1. The van der Waals surface area contributed by atoms with Gasteiger partial charge in [0, 0.05) is 25.9 Å². The van der Waals surface area contributed by atoms with E-state index < -0.39 is 0 Å². The average Bonchev–Trinajstić information content (AvgIpc) is 2.94. The molecule has 1 aromatic rings. The number of aromatic nitrogens is 2. The van der Waals surface area contributed by atoms with Crippen molar-refractivity contribution in [2.45, 2.75) is 39.3 Å². The molecule has 0 saturated carbocycles. The molecular weight excluding hydrogens is 218 g/mol. The first-order valence-corrected chi connectivity index (χ1v) is 6.14. The minimum Gasteiger partial charge on any atom is -0.376 e. The standard InChI is InChI=1S/C12H19N3O2/c1-3-15-8-11(9(2)14-15)12(16)13-7-10-5-4-6-17-10/h8,10H,3-7H2,1-2H3,(H,13,16). The van der Waals surface area contributed by atoms with E-state index in [0.29, 0.717) is 12.1 Å². The molecule has 0 aliphatic carbocycles. The van der Waals surface area contributed by atoms with Crippen molar-refractivity contribution in [1.29, 1.82) is 0 Å². The van der Waals surface area contributed by atoms with Crippen LogP contribution in [0.1, 0.15) is 35.8 Å². The van der Waals surface area contributed by atoms with Crippen molar-refractivity contribution in [2.24, 2.45) is 0 Å². The number of carbonyl (C=O) groups is 1. The summed E-state index contributed by atoms with van der Waals surface area (Å²) in [6.45, 7) is 6.04. The second-order valence-electron chi connectivity index (χ2n) is 4.33. The molecule has 1 amide bonds. The molecule has 1 atom stereocenters. The van der Waals surface area contributed by atoms with E-state index in [0.717, 1.165) is 31.7 Å². The zero-order chi connectivity index (χ0) is 12.3. The molecule has 1 aromatic heterocycles. The summed E-state index contributed by atoms with van der Waals surface area (Å²) in [6.07, 6.45) is 4.10. The molecule has 1 N–H and O–H groups in total. The van der Waals surface area contributed by atoms with Crippen LogP contribution in [-0.4, -0.2) is 34.9 Å². The van der Waals surface area contributed by atoms with Gasteiger partial charge in [-0.3, -0.25) is 9.48 Å². The van der Waals surface area contributed by atoms with Gasteiger partial charge in [0.1, 0.15) is 0 Å². The maximum absolute atomic E-state index is 11.9. The monoisotopic (exact) mass is 237 g/mol. The molecule has 17 heavy (non-hydrogen) atoms. The Kier molecular flexibility index (Phi) is 3.78. The highest BCUT2D eigenvalue weighted by Gasteiger charge is 2.18. The SMILES string of the molecule is CCn1cc(C(=O)NCC2CCCO2)c(C)n1. The number of hydrogen-bond donors (Lipinski definition) is 1. The first-order valence-electron chi connectivity index (χ1n) is 6.14. The minimum absolute atomic E-state index is 0.0577. The van der Waals surface area contributed by atoms with Crippen molar-refractivity contribution >= 4 is 5.91 Å². The molecular formula is C12H19N3O2. The van der Waals surface area contributed by atoms with Crippen molar-refractivity contribution < 1.29 is 9.53 Å². The lowest BCUT2D eigenvalue weighted by Crippen LogP contribution is -2.31. The number of ether oxygens (including phenoxy) is 1. The Hall–Kier alpha value is -1.36. The molecule has 94 valence electrons. The van der Waals surface area contributed by atoms with Crippen LogP contribution in [0, 0.1) is 6.92 Å². The molecule has 1 aliphatic rings. The number of aryl methyl sites for hydroxylation is 2. The van der Waals surface area contributed by atoms with Crippen molar-refractivity contribution in [3.8, 4) is 0 Å². The van der Waals surface area contributed by atoms with E-state index in [1.807, 2.05) is 13.8 Å². The lowest BCUT2D eigenvalue weighted by Gasteiger charge is -2.10. The van der Waals surface area contributed by atoms with Gasteiger partial charge in [-0.1, -0.05) is 0 Å². The van der Waals surface area contributed by atoms with Crippen LogP contribution in [0.15, 0.2) is 6.20 Å². The Bertz CT molecular complexity index is 394. The average molecular weight is 237 g/mol. The maximum atomic E-state index is 11.9. The third kappa shape index (κ3) is 2.85. The van der Waals surface area contributed by atoms with Gasteiger partial charge in [0.05, 0.1) is 17.4 Å². The van der Waals surface area contributed by atoms with Crippen molar-refractivity contribution in [3.05, 3.63) is 17.5 Å². The number of nitrogens with one attached hydrogen (secondary N) is 1. The predicted octanol–water partition coefficient (Wildman–Crippen LogP) is 1.12. The van der Waals surface area contributed by atoms with E-state index in [9.17, 15) is 4.79 Å². The summed E-state index contributed by atoms with van der Waals surface area (Å²) in [5.41, 5.74) is 1.43. The summed E-state index contributed by atoms with van der Waals surface area (Å²) < 4.78 is 7.23. The summed E-state index contributed by atoms with van der Waals surface area (Å²) in [5.74, 6) is -0.0577. The summed E-state index contributed by atoms with van der Waals surface area (Å²) in [5, 5.41) is 7.16. The van der Waals surface area contributed by atoms with Gasteiger partial charge < -0.3 is 10.1 Å². The maximum Gasteiger partial charge on any atom is 0.254 e. The Morgan fingerprint density at radius 1 is 1.71 bits per heavy atom. The van der Waals surface area contributed by atoms with Gasteiger partial charge in [-0.25, -0.2) is 0 Å². The van der Waals surface area contributed by atoms with Gasteiger partial charge in [0.2, 0.25) is 0 Å². The number of hydrogen-bond acceptors (Lipinski definition) is 3. The van der Waals surface area contributed by atoms with Gasteiger partial charge in [-0.05, 0) is 26.7 Å². The number of amides is 1. The minimum atomic E-state index is -0.0577. The summed E-state index contributed by atoms with van der Waals surface area (Å²) in [7, 11) is 0. The largest absolute Gasteiger partial charge is 0.376 e. The van der Waals surface area contributed by atoms with Crippen LogP contribution in [0.2, 0.25) is 0 Å². The lowest BCUT2D eigenvalue weighted by molar-refractivity contribution is 0.0857. The van der Waals surface area contributed by atoms with Gasteiger partial charge >= 0.3 is 0 Å². The van der Waals surface area contributed by atoms with E-state index >= 15 is 0 Å². The smallest absolute Gasteiger partial charge is 0.254 e. The summed E-state index contributed by atoms with van der Waals surface area (Å²) in [4.78, 5) is 11.9. The van der Waals surface area contributed by atoms with Gasteiger partial charge in [-0.15, -0.1) is 0 Å². The zero-order valence-electron chi connectivity index (χ0n) is 10.4. The highest BCUT2D eigenvalue weighted by atomic mass is 16.5. The first-order chi connectivity index (χ1) is 8.20. The Labute approximate surface area is 101 Å². The molecule has 2 rings (SSSR count). The van der Waals surface area contributed by atoms with Crippen LogP contribution in [0.4, 0.5) is 0 Å². The van der Waals surface area contributed by atoms with E-state index in [1.54, 1.807) is 10.9 Å². The fraction of sp³-hybridized carbons (Fsp3) is 0.667. The zero-order valence-corrected chi connectivity index (χ0v) is 10.4. The topological polar surface area (TPSA) is 56.2 Å². The van der Waals surface area contributed by atoms with Gasteiger partial charge in [0.25, 0.3) is 5.91 Å². The van der Waals surface area contributed by atoms with E-state index in [-0.39, 0.29) is 12.0 Å². The fourth-order valence-electron chi connectivity index (χ4n) is 2.01. The van der Waals surface area contributed by atoms with Gasteiger partial charge in [-0.2, -0.15) is 5.10 Å². The molecule has 1 unspecified atom stereocenters. The molecule has 5 heteroatoms. The predicted molar refractivity (Wildman–Crippen MR) is 63.9 cm³/mol. The molecule has 1 fully saturated rings. The molecule has 0 radical (unpaired) electrons. The first kappa shape index (κ1) is 12.1. The van der Waals surface area contributed by atoms with E-state index in [2.05, 4.69) is 10.4 Å². The van der Waals surface area contributed by atoms with Crippen molar-refractivity contribution in [1.82, 2.24) is 15.1 Å². The summed E-state index contributed by atoms with van der Waals surface area (Å²) >= 11 is 0. The normalized spacial score (nSPS) is 19.5. The molecule has 0 spiro atoms. The van der Waals surface area contributed by atoms with Crippen LogP contribution < -0.4 is 5.32 Å². The van der Waals surface area contributed by atoms with E-state index in [1.165, 1.54) is 0 Å². The second-order valence-corrected chi connectivity index (χ2v) is 4.33. The molecule has 0 aromatic carbocycles. The molecule has 1 aliphatic heterocycles. The Morgan fingerprint density at radius 2 is 2.53 bits per heavy atom. The van der Waals surface area contributed by atoms with Crippen LogP contribution in [0.5, 0.6) is 0 Å². The fourth-order valence-corrected chi connectivity index (χ4v) is 2.01.